The van der Waals surface area contributed by atoms with Crippen LogP contribution >= 0.6 is 0 Å². The number of carbonyl (C=O) groups is 1. The van der Waals surface area contributed by atoms with E-state index in [1.807, 2.05) is 6.92 Å². The molecule has 3 rings (SSSR count). The lowest BCUT2D eigenvalue weighted by atomic mass is 10.0. The quantitative estimate of drug-likeness (QED) is 0.851. The Balaban J connectivity index is 1.73. The number of tetrazole rings is 1. The number of nitrogens with zero attached hydrogens (tertiary/aromatic N) is 5. The number of hydrogen-bond donors (Lipinski definition) is 0. The van der Waals surface area contributed by atoms with Crippen LogP contribution < -0.4 is 0 Å². The predicted octanol–water partition coefficient (Wildman–Crippen LogP) is 2.76. The fraction of sp³-hybridized carbons (Fsp3) is 0.500. The number of amides is 1. The van der Waals surface area contributed by atoms with Crippen LogP contribution in [0.4, 0.5) is 13.2 Å². The van der Waals surface area contributed by atoms with E-state index in [2.05, 4.69) is 15.4 Å². The third-order valence-corrected chi connectivity index (χ3v) is 4.30. The minimum Gasteiger partial charge on any atom is -0.338 e. The SMILES string of the molecule is C[C@H]1CCCCN1C(=O)Cn1nnc(-c2cccc(C(F)(F)F)c2)n1. The number of hydrogen-bond acceptors (Lipinski definition) is 4. The maximum atomic E-state index is 12.8. The van der Waals surface area contributed by atoms with Gasteiger partial charge in [-0.3, -0.25) is 4.79 Å². The third kappa shape index (κ3) is 3.97. The van der Waals surface area contributed by atoms with Crippen LogP contribution in [0.2, 0.25) is 0 Å². The van der Waals surface area contributed by atoms with Crippen molar-refractivity contribution < 1.29 is 18.0 Å². The maximum absolute atomic E-state index is 12.8. The van der Waals surface area contributed by atoms with Crippen molar-refractivity contribution in [2.45, 2.75) is 44.9 Å². The van der Waals surface area contributed by atoms with Crippen LogP contribution in [0.1, 0.15) is 31.7 Å². The minimum absolute atomic E-state index is 0.0607. The summed E-state index contributed by atoms with van der Waals surface area (Å²) in [5.74, 6) is -0.0502. The smallest absolute Gasteiger partial charge is 0.338 e. The molecular formula is C16H18F3N5O. The average Bonchev–Trinajstić information content (AvgIpc) is 3.03. The Morgan fingerprint density at radius 3 is 2.84 bits per heavy atom. The summed E-state index contributed by atoms with van der Waals surface area (Å²) >= 11 is 0. The van der Waals surface area contributed by atoms with E-state index in [1.54, 1.807) is 4.90 Å². The van der Waals surface area contributed by atoms with Crippen LogP contribution in [0.3, 0.4) is 0 Å². The molecule has 6 nitrogen and oxygen atoms in total. The molecular weight excluding hydrogens is 335 g/mol. The van der Waals surface area contributed by atoms with Gasteiger partial charge in [-0.15, -0.1) is 10.2 Å². The molecule has 134 valence electrons. The van der Waals surface area contributed by atoms with Crippen molar-refractivity contribution in [1.29, 1.82) is 0 Å². The fourth-order valence-electron chi connectivity index (χ4n) is 2.94. The van der Waals surface area contributed by atoms with Crippen LogP contribution in [-0.2, 0) is 17.5 Å². The molecule has 0 N–H and O–H groups in total. The van der Waals surface area contributed by atoms with Crippen LogP contribution in [0.25, 0.3) is 11.4 Å². The maximum Gasteiger partial charge on any atom is 0.416 e. The topological polar surface area (TPSA) is 63.9 Å². The molecule has 0 spiro atoms. The normalized spacial score (nSPS) is 18.4. The summed E-state index contributed by atoms with van der Waals surface area (Å²) in [6, 6.07) is 4.89. The third-order valence-electron chi connectivity index (χ3n) is 4.30. The number of alkyl halides is 3. The molecule has 1 saturated heterocycles. The zero-order valence-corrected chi connectivity index (χ0v) is 13.7. The second-order valence-corrected chi connectivity index (χ2v) is 6.15. The molecule has 0 saturated carbocycles. The molecule has 1 amide bonds. The number of aromatic nitrogens is 4. The van der Waals surface area contributed by atoms with Gasteiger partial charge in [-0.2, -0.15) is 18.0 Å². The number of piperidine rings is 1. The Kier molecular flexibility index (Phi) is 4.73. The minimum atomic E-state index is -4.44. The molecule has 2 aromatic rings. The molecule has 25 heavy (non-hydrogen) atoms. The summed E-state index contributed by atoms with van der Waals surface area (Å²) in [5.41, 5.74) is -0.570. The summed E-state index contributed by atoms with van der Waals surface area (Å²) in [6.07, 6.45) is -1.40. The first-order chi connectivity index (χ1) is 11.8. The lowest BCUT2D eigenvalue weighted by Crippen LogP contribution is -2.43. The highest BCUT2D eigenvalue weighted by Crippen LogP contribution is 2.31. The van der Waals surface area contributed by atoms with Gasteiger partial charge in [-0.25, -0.2) is 0 Å². The summed E-state index contributed by atoms with van der Waals surface area (Å²) in [5, 5.41) is 11.6. The highest BCUT2D eigenvalue weighted by atomic mass is 19.4. The zero-order chi connectivity index (χ0) is 18.0. The average molecular weight is 353 g/mol. The van der Waals surface area contributed by atoms with Crippen LogP contribution in [-0.4, -0.2) is 43.6 Å². The number of benzene rings is 1. The van der Waals surface area contributed by atoms with Gasteiger partial charge >= 0.3 is 6.18 Å². The van der Waals surface area contributed by atoms with Gasteiger partial charge in [0.25, 0.3) is 0 Å². The summed E-state index contributed by atoms with van der Waals surface area (Å²) in [6.45, 7) is 2.63. The highest BCUT2D eigenvalue weighted by Gasteiger charge is 2.31. The van der Waals surface area contributed by atoms with E-state index >= 15 is 0 Å². The number of likely N-dealkylation sites (tertiary alicyclic amines) is 1. The highest BCUT2D eigenvalue weighted by molar-refractivity contribution is 5.76. The first-order valence-corrected chi connectivity index (χ1v) is 8.09. The zero-order valence-electron chi connectivity index (χ0n) is 13.7. The standard InChI is InChI=1S/C16H18F3N5O/c1-11-5-2-3-8-23(11)14(25)10-24-21-15(20-22-24)12-6-4-7-13(9-12)16(17,18)19/h4,6-7,9,11H,2-3,5,8,10H2,1H3/t11-/m0/s1. The van der Waals surface area contributed by atoms with Gasteiger partial charge in [0, 0.05) is 18.2 Å². The van der Waals surface area contributed by atoms with E-state index in [4.69, 9.17) is 0 Å². The summed E-state index contributed by atoms with van der Waals surface area (Å²) in [4.78, 5) is 15.3. The van der Waals surface area contributed by atoms with Crippen molar-refractivity contribution in [2.24, 2.45) is 0 Å². The number of carbonyl (C=O) groups excluding carboxylic acids is 1. The van der Waals surface area contributed by atoms with E-state index in [0.29, 0.717) is 6.54 Å². The molecule has 1 aromatic carbocycles. The van der Waals surface area contributed by atoms with Gasteiger partial charge in [0.2, 0.25) is 11.7 Å². The van der Waals surface area contributed by atoms with Gasteiger partial charge in [0.05, 0.1) is 5.56 Å². The lowest BCUT2D eigenvalue weighted by molar-refractivity contribution is -0.137. The molecule has 1 aromatic heterocycles. The monoisotopic (exact) mass is 353 g/mol. The van der Waals surface area contributed by atoms with Gasteiger partial charge in [0.15, 0.2) is 0 Å². The molecule has 0 radical (unpaired) electrons. The Morgan fingerprint density at radius 2 is 2.12 bits per heavy atom. The van der Waals surface area contributed by atoms with Crippen molar-refractivity contribution in [3.05, 3.63) is 29.8 Å². The molecule has 0 aliphatic carbocycles. The van der Waals surface area contributed by atoms with E-state index in [0.717, 1.165) is 36.2 Å². The second kappa shape index (κ2) is 6.81. The van der Waals surface area contributed by atoms with Crippen molar-refractivity contribution in [1.82, 2.24) is 25.1 Å². The lowest BCUT2D eigenvalue weighted by Gasteiger charge is -2.33. The van der Waals surface area contributed by atoms with Gasteiger partial charge in [-0.1, -0.05) is 12.1 Å². The van der Waals surface area contributed by atoms with Gasteiger partial charge < -0.3 is 4.90 Å². The Morgan fingerprint density at radius 1 is 1.32 bits per heavy atom. The van der Waals surface area contributed by atoms with Crippen LogP contribution in [0.5, 0.6) is 0 Å². The van der Waals surface area contributed by atoms with Crippen LogP contribution in [0, 0.1) is 0 Å². The van der Waals surface area contributed by atoms with E-state index in [-0.39, 0.29) is 29.9 Å². The molecule has 1 aliphatic heterocycles. The molecule has 1 atom stereocenters. The molecule has 1 aliphatic rings. The molecule has 1 fully saturated rings. The number of rotatable bonds is 3. The Hall–Kier alpha value is -2.45. The Bertz CT molecular complexity index is 758. The van der Waals surface area contributed by atoms with E-state index < -0.39 is 11.7 Å². The van der Waals surface area contributed by atoms with E-state index in [1.165, 1.54) is 12.1 Å². The van der Waals surface area contributed by atoms with Gasteiger partial charge in [0.1, 0.15) is 6.54 Å². The molecule has 9 heteroatoms. The van der Waals surface area contributed by atoms with Crippen molar-refractivity contribution >= 4 is 5.91 Å². The van der Waals surface area contributed by atoms with Crippen LogP contribution in [0.15, 0.2) is 24.3 Å². The largest absolute Gasteiger partial charge is 0.416 e. The van der Waals surface area contributed by atoms with Crippen molar-refractivity contribution in [2.75, 3.05) is 6.54 Å². The van der Waals surface area contributed by atoms with Gasteiger partial charge in [-0.05, 0) is 43.5 Å². The summed E-state index contributed by atoms with van der Waals surface area (Å²) < 4.78 is 38.4. The molecule has 0 bridgehead atoms. The summed E-state index contributed by atoms with van der Waals surface area (Å²) in [7, 11) is 0. The number of halogens is 3. The predicted molar refractivity (Wildman–Crippen MR) is 83.3 cm³/mol. The van der Waals surface area contributed by atoms with Crippen molar-refractivity contribution in [3.63, 3.8) is 0 Å². The van der Waals surface area contributed by atoms with E-state index in [9.17, 15) is 18.0 Å². The first kappa shape index (κ1) is 17.4. The Labute approximate surface area is 142 Å². The first-order valence-electron chi connectivity index (χ1n) is 8.09. The van der Waals surface area contributed by atoms with Crippen molar-refractivity contribution in [3.8, 4) is 11.4 Å². The molecule has 2 heterocycles. The molecule has 0 unspecified atom stereocenters. The second-order valence-electron chi connectivity index (χ2n) is 6.15. The fourth-order valence-corrected chi connectivity index (χ4v) is 2.94.